The molecule has 13 rings (SSSR count). The Morgan fingerprint density at radius 2 is 0.914 bits per heavy atom. The van der Waals surface area contributed by atoms with Crippen LogP contribution in [0.3, 0.4) is 0 Å². The van der Waals surface area contributed by atoms with Crippen molar-refractivity contribution in [1.82, 2.24) is 14.5 Å². The Kier molecular flexibility index (Phi) is 10.2. The molecule has 0 radical (unpaired) electrons. The Bertz CT molecular complexity index is 3740. The summed E-state index contributed by atoms with van der Waals surface area (Å²) in [5.41, 5.74) is 7.79. The van der Waals surface area contributed by atoms with E-state index in [0.29, 0.717) is 0 Å². The lowest BCUT2D eigenvalue weighted by molar-refractivity contribution is 1.17. The predicted octanol–water partition coefficient (Wildman–Crippen LogP) is 9.78. The highest BCUT2D eigenvalue weighted by molar-refractivity contribution is 7.22. The molecule has 4 heterocycles. The van der Waals surface area contributed by atoms with Gasteiger partial charge in [0.05, 0.1) is 22.4 Å². The van der Waals surface area contributed by atoms with E-state index in [0.717, 1.165) is 39.7 Å². The van der Waals surface area contributed by atoms with Gasteiger partial charge in [-0.05, 0) is 102 Å². The number of rotatable bonds is 9. The van der Waals surface area contributed by atoms with Crippen LogP contribution < -0.4 is 46.4 Å². The number of nitrogens with zero attached hydrogens (tertiary/aromatic N) is 4. The molecule has 0 aliphatic carbocycles. The fourth-order valence-corrected chi connectivity index (χ4v) is 21.5. The van der Waals surface area contributed by atoms with E-state index in [2.05, 4.69) is 264 Å². The average Bonchev–Trinajstić information content (AvgIpc) is 3.77. The van der Waals surface area contributed by atoms with Crippen LogP contribution in [-0.2, 0) is 0 Å². The zero-order valence-corrected chi connectivity index (χ0v) is 40.3. The largest absolute Gasteiger partial charge is 0.309 e. The fourth-order valence-electron chi connectivity index (χ4n) is 11.6. The number of pyridine rings is 2. The Hall–Kier alpha value is -8.69. The summed E-state index contributed by atoms with van der Waals surface area (Å²) in [4.78, 5) is 12.6. The van der Waals surface area contributed by atoms with Gasteiger partial charge < -0.3 is 4.57 Å². The van der Waals surface area contributed by atoms with Crippen LogP contribution in [0.25, 0.3) is 38.8 Å². The van der Waals surface area contributed by atoms with Crippen molar-refractivity contribution in [3.05, 3.63) is 279 Å². The molecular formula is C64H46N4Si2. The lowest BCUT2D eigenvalue weighted by atomic mass is 10.1. The van der Waals surface area contributed by atoms with Crippen LogP contribution in [0.5, 0.6) is 0 Å². The first-order valence-corrected chi connectivity index (χ1v) is 28.0. The second-order valence-corrected chi connectivity index (χ2v) is 25.6. The molecule has 0 amide bonds. The van der Waals surface area contributed by atoms with Crippen molar-refractivity contribution in [2.24, 2.45) is 0 Å². The highest BCUT2D eigenvalue weighted by atomic mass is 28.3. The van der Waals surface area contributed by atoms with E-state index < -0.39 is 16.1 Å². The van der Waals surface area contributed by atoms with E-state index in [1.165, 1.54) is 57.8 Å². The molecule has 0 saturated heterocycles. The van der Waals surface area contributed by atoms with Gasteiger partial charge in [0.15, 0.2) is 16.1 Å². The molecule has 0 spiro atoms. The molecule has 1 aliphatic heterocycles. The van der Waals surface area contributed by atoms with E-state index >= 15 is 0 Å². The van der Waals surface area contributed by atoms with Gasteiger partial charge in [-0.1, -0.05) is 206 Å². The van der Waals surface area contributed by atoms with E-state index in [4.69, 9.17) is 9.97 Å². The summed E-state index contributed by atoms with van der Waals surface area (Å²) >= 11 is 0. The fraction of sp³-hybridized carbons (Fsp3) is 0. The van der Waals surface area contributed by atoms with Gasteiger partial charge in [0.1, 0.15) is 5.82 Å². The molecule has 0 unspecified atom stereocenters. The number of fused-ring (bicyclic) bond motifs is 5. The summed E-state index contributed by atoms with van der Waals surface area (Å²) in [6, 6.07) is 99.2. The Morgan fingerprint density at radius 1 is 0.357 bits per heavy atom. The van der Waals surface area contributed by atoms with Gasteiger partial charge in [0, 0.05) is 40.1 Å². The molecule has 6 heteroatoms. The molecule has 70 heavy (non-hydrogen) atoms. The maximum absolute atomic E-state index is 5.25. The second-order valence-electron chi connectivity index (χ2n) is 18.1. The zero-order chi connectivity index (χ0) is 46.5. The van der Waals surface area contributed by atoms with Gasteiger partial charge in [-0.15, -0.1) is 0 Å². The van der Waals surface area contributed by atoms with Gasteiger partial charge >= 0.3 is 0 Å². The van der Waals surface area contributed by atoms with E-state index in [9.17, 15) is 0 Å². The lowest BCUT2D eigenvalue weighted by Crippen LogP contribution is -2.78. The molecule has 4 nitrogen and oxygen atoms in total. The van der Waals surface area contributed by atoms with Crippen molar-refractivity contribution < 1.29 is 0 Å². The summed E-state index contributed by atoms with van der Waals surface area (Å²) in [6.45, 7) is 0. The van der Waals surface area contributed by atoms with Gasteiger partial charge in [-0.3, -0.25) is 9.88 Å². The third kappa shape index (κ3) is 6.42. The topological polar surface area (TPSA) is 34.0 Å². The number of anilines is 3. The second kappa shape index (κ2) is 17.1. The number of benzene rings is 9. The van der Waals surface area contributed by atoms with Crippen molar-refractivity contribution in [1.29, 1.82) is 0 Å². The molecule has 1 aliphatic rings. The Balaban J connectivity index is 1.20. The summed E-state index contributed by atoms with van der Waals surface area (Å²) in [6.07, 6.45) is 3.82. The van der Waals surface area contributed by atoms with Crippen LogP contribution in [0, 0.1) is 0 Å². The average molecular weight is 927 g/mol. The number of aromatic nitrogens is 3. The van der Waals surface area contributed by atoms with Gasteiger partial charge in [0.25, 0.3) is 0 Å². The first kappa shape index (κ1) is 41.5. The van der Waals surface area contributed by atoms with Crippen molar-refractivity contribution in [3.8, 4) is 16.9 Å². The molecule has 330 valence electrons. The number of hydrogen-bond acceptors (Lipinski definition) is 3. The van der Waals surface area contributed by atoms with Crippen LogP contribution in [0.4, 0.5) is 17.2 Å². The van der Waals surface area contributed by atoms with Crippen molar-refractivity contribution in [2.75, 3.05) is 4.90 Å². The maximum atomic E-state index is 5.25. The molecule has 3 aromatic heterocycles. The molecule has 12 aromatic rings. The van der Waals surface area contributed by atoms with Crippen LogP contribution in [-0.4, -0.2) is 30.7 Å². The van der Waals surface area contributed by atoms with E-state index in [1.54, 1.807) is 0 Å². The number of para-hydroxylation sites is 2. The Morgan fingerprint density at radius 3 is 1.56 bits per heavy atom. The van der Waals surface area contributed by atoms with Gasteiger partial charge in [0.2, 0.25) is 0 Å². The maximum Gasteiger partial charge on any atom is 0.184 e. The minimum absolute atomic E-state index is 0.872. The summed E-state index contributed by atoms with van der Waals surface area (Å²) in [5.74, 6) is 0.872. The molecule has 0 atom stereocenters. The highest BCUT2D eigenvalue weighted by Crippen LogP contribution is 2.42. The SMILES string of the molecule is c1ccc(-n2c3ccccc3c3cc4c(cc32)N(c2ccccn2)c2cc([Si](c3ccccc3)(c3ccccc3)c3cccc(-c5ccccn5)c3)ccc2[Si]4(c2ccccc2)c2ccccc2)cc1. The summed E-state index contributed by atoms with van der Waals surface area (Å²) < 4.78 is 2.44. The minimum Gasteiger partial charge on any atom is -0.309 e. The first-order chi connectivity index (χ1) is 34.7. The lowest BCUT2D eigenvalue weighted by Gasteiger charge is -2.45. The normalized spacial score (nSPS) is 12.9. The third-order valence-electron chi connectivity index (χ3n) is 14.5. The van der Waals surface area contributed by atoms with Gasteiger partial charge in [-0.2, -0.15) is 0 Å². The minimum atomic E-state index is -3.17. The van der Waals surface area contributed by atoms with E-state index in [1.807, 2.05) is 24.5 Å². The smallest absolute Gasteiger partial charge is 0.184 e. The quantitative estimate of drug-likeness (QED) is 0.107. The van der Waals surface area contributed by atoms with Gasteiger partial charge in [-0.25, -0.2) is 4.98 Å². The van der Waals surface area contributed by atoms with Crippen LogP contribution in [0.15, 0.2) is 279 Å². The summed E-state index contributed by atoms with van der Waals surface area (Å²) in [5, 5.41) is 13.0. The molecule has 9 aromatic carbocycles. The Labute approximate surface area is 410 Å². The standard InChI is InChI=1S/C64H46N4Si2/c1-6-24-48(25-7-1)67-58-37-17-16-35-55(58)56-45-63-61(46-59(56)67)68(64-38-19-21-42-66-64)60-44-54(39-40-62(60)70(63,51-30-12-4-13-31-51)52-32-14-5-15-33-52)69(49-26-8-2-9-27-49,50-28-10-3-11-29-50)53-34-22-23-47(43-53)57-36-18-20-41-65-57/h1-46H. The van der Waals surface area contributed by atoms with Crippen molar-refractivity contribution in [3.63, 3.8) is 0 Å². The van der Waals surface area contributed by atoms with Crippen molar-refractivity contribution >= 4 is 96.6 Å². The van der Waals surface area contributed by atoms with Crippen molar-refractivity contribution in [2.45, 2.75) is 0 Å². The monoisotopic (exact) mass is 926 g/mol. The molecule has 0 saturated carbocycles. The van der Waals surface area contributed by atoms with E-state index in [-0.39, 0.29) is 0 Å². The van der Waals surface area contributed by atoms with Crippen LogP contribution >= 0.6 is 0 Å². The molecule has 0 fully saturated rings. The highest BCUT2D eigenvalue weighted by Gasteiger charge is 2.51. The molecular weight excluding hydrogens is 881 g/mol. The molecule has 0 N–H and O–H groups in total. The van der Waals surface area contributed by atoms with Crippen LogP contribution in [0.2, 0.25) is 0 Å². The summed E-state index contributed by atoms with van der Waals surface area (Å²) in [7, 11) is -6.30. The zero-order valence-electron chi connectivity index (χ0n) is 38.3. The first-order valence-electron chi connectivity index (χ1n) is 24.0. The van der Waals surface area contributed by atoms with Crippen LogP contribution in [0.1, 0.15) is 0 Å². The predicted molar refractivity (Wildman–Crippen MR) is 297 cm³/mol. The third-order valence-corrected chi connectivity index (χ3v) is 24.1. The number of hydrogen-bond donors (Lipinski definition) is 0. The molecule has 0 bridgehead atoms.